The number of thiophene rings is 1. The number of halogens is 1. The summed E-state index contributed by atoms with van der Waals surface area (Å²) in [5.41, 5.74) is 7.49. The van der Waals surface area contributed by atoms with Crippen LogP contribution >= 0.6 is 11.3 Å². The Hall–Kier alpha value is -2.01. The van der Waals surface area contributed by atoms with Crippen molar-refractivity contribution in [1.29, 1.82) is 0 Å². The predicted octanol–water partition coefficient (Wildman–Crippen LogP) is 3.95. The molecule has 20 heavy (non-hydrogen) atoms. The number of anilines is 1. The van der Waals surface area contributed by atoms with Crippen LogP contribution in [0.5, 0.6) is 0 Å². The first kappa shape index (κ1) is 13.0. The molecular formula is C15H14FN3S. The monoisotopic (exact) mass is 287 g/mol. The van der Waals surface area contributed by atoms with Crippen molar-refractivity contribution in [2.24, 2.45) is 0 Å². The lowest BCUT2D eigenvalue weighted by Gasteiger charge is -2.04. The molecule has 0 aliphatic carbocycles. The molecule has 0 saturated carbocycles. The van der Waals surface area contributed by atoms with Crippen LogP contribution < -0.4 is 5.73 Å². The van der Waals surface area contributed by atoms with Gasteiger partial charge in [-0.2, -0.15) is 0 Å². The number of aromatic nitrogens is 2. The van der Waals surface area contributed by atoms with Crippen molar-refractivity contribution >= 4 is 27.4 Å². The summed E-state index contributed by atoms with van der Waals surface area (Å²) in [4.78, 5) is 10.9. The Morgan fingerprint density at radius 3 is 2.70 bits per heavy atom. The summed E-state index contributed by atoms with van der Waals surface area (Å²) in [6.07, 6.45) is 0.939. The van der Waals surface area contributed by atoms with E-state index in [1.807, 2.05) is 19.1 Å². The Labute approximate surface area is 120 Å². The van der Waals surface area contributed by atoms with Crippen molar-refractivity contribution in [2.75, 3.05) is 5.73 Å². The second kappa shape index (κ2) is 4.83. The van der Waals surface area contributed by atoms with E-state index in [1.54, 1.807) is 11.3 Å². The number of rotatable bonds is 2. The van der Waals surface area contributed by atoms with Gasteiger partial charge in [0.25, 0.3) is 0 Å². The number of hydrogen-bond acceptors (Lipinski definition) is 4. The number of nitrogens with zero attached hydrogens (tertiary/aromatic N) is 2. The van der Waals surface area contributed by atoms with E-state index in [2.05, 4.69) is 16.9 Å². The normalized spacial score (nSPS) is 11.2. The van der Waals surface area contributed by atoms with Crippen molar-refractivity contribution in [3.63, 3.8) is 0 Å². The molecule has 0 fully saturated rings. The van der Waals surface area contributed by atoms with Gasteiger partial charge < -0.3 is 5.73 Å². The van der Waals surface area contributed by atoms with E-state index in [4.69, 9.17) is 5.73 Å². The minimum Gasteiger partial charge on any atom is -0.383 e. The Bertz CT molecular complexity index is 775. The highest BCUT2D eigenvalue weighted by Gasteiger charge is 2.11. The van der Waals surface area contributed by atoms with Gasteiger partial charge in [-0.3, -0.25) is 0 Å². The Balaban J connectivity index is 2.21. The highest BCUT2D eigenvalue weighted by atomic mass is 32.1. The molecule has 3 aromatic rings. The van der Waals surface area contributed by atoms with Crippen LogP contribution in [0.4, 0.5) is 10.2 Å². The minimum atomic E-state index is -0.289. The van der Waals surface area contributed by atoms with Crippen LogP contribution in [0.15, 0.2) is 24.3 Å². The van der Waals surface area contributed by atoms with Crippen LogP contribution in [0.3, 0.4) is 0 Å². The van der Waals surface area contributed by atoms with Gasteiger partial charge in [0.2, 0.25) is 0 Å². The summed E-state index contributed by atoms with van der Waals surface area (Å²) in [6, 6.07) is 6.79. The van der Waals surface area contributed by atoms with Gasteiger partial charge >= 0.3 is 0 Å². The molecule has 3 rings (SSSR count). The number of nitrogens with two attached hydrogens (primary N) is 1. The van der Waals surface area contributed by atoms with E-state index in [1.165, 1.54) is 17.0 Å². The highest BCUT2D eigenvalue weighted by Crippen LogP contribution is 2.30. The third kappa shape index (κ3) is 2.25. The zero-order valence-electron chi connectivity index (χ0n) is 11.3. The fraction of sp³-hybridized carbons (Fsp3) is 0.200. The number of aryl methyl sites for hydroxylation is 2. The van der Waals surface area contributed by atoms with Crippen LogP contribution in [0.1, 0.15) is 17.4 Å². The van der Waals surface area contributed by atoms with Gasteiger partial charge in [-0.25, -0.2) is 14.4 Å². The van der Waals surface area contributed by atoms with E-state index in [-0.39, 0.29) is 5.82 Å². The van der Waals surface area contributed by atoms with Gasteiger partial charge in [-0.1, -0.05) is 6.92 Å². The molecule has 2 aromatic heterocycles. The van der Waals surface area contributed by atoms with E-state index in [0.717, 1.165) is 22.2 Å². The van der Waals surface area contributed by atoms with Gasteiger partial charge in [0, 0.05) is 10.4 Å². The summed E-state index contributed by atoms with van der Waals surface area (Å²) in [6.45, 7) is 3.93. The SMILES string of the molecule is CCc1cc2c(N)nc(-c3cc(C)cc(F)c3)nc2s1. The minimum absolute atomic E-state index is 0.289. The van der Waals surface area contributed by atoms with Crippen molar-refractivity contribution < 1.29 is 4.39 Å². The molecule has 3 nitrogen and oxygen atoms in total. The van der Waals surface area contributed by atoms with E-state index in [0.29, 0.717) is 17.2 Å². The summed E-state index contributed by atoms with van der Waals surface area (Å²) in [7, 11) is 0. The number of benzene rings is 1. The van der Waals surface area contributed by atoms with Crippen LogP contribution in [0.2, 0.25) is 0 Å². The van der Waals surface area contributed by atoms with Crippen molar-refractivity contribution in [3.8, 4) is 11.4 Å². The molecule has 0 bridgehead atoms. The second-order valence-electron chi connectivity index (χ2n) is 4.73. The lowest BCUT2D eigenvalue weighted by atomic mass is 10.1. The molecule has 0 aliphatic rings. The summed E-state index contributed by atoms with van der Waals surface area (Å²) in [5.74, 6) is 0.632. The molecular weight excluding hydrogens is 273 g/mol. The second-order valence-corrected chi connectivity index (χ2v) is 5.85. The maximum absolute atomic E-state index is 13.5. The summed E-state index contributed by atoms with van der Waals surface area (Å²) in [5, 5.41) is 0.878. The smallest absolute Gasteiger partial charge is 0.163 e. The van der Waals surface area contributed by atoms with Crippen LogP contribution in [-0.2, 0) is 6.42 Å². The van der Waals surface area contributed by atoms with Gasteiger partial charge in [-0.05, 0) is 43.2 Å². The van der Waals surface area contributed by atoms with Gasteiger partial charge in [0.15, 0.2) is 5.82 Å². The fourth-order valence-corrected chi connectivity index (χ4v) is 3.14. The maximum Gasteiger partial charge on any atom is 0.163 e. The molecule has 5 heteroatoms. The molecule has 0 atom stereocenters. The zero-order chi connectivity index (χ0) is 14.3. The quantitative estimate of drug-likeness (QED) is 0.776. The molecule has 0 radical (unpaired) electrons. The molecule has 0 spiro atoms. The first-order valence-electron chi connectivity index (χ1n) is 6.40. The van der Waals surface area contributed by atoms with E-state index >= 15 is 0 Å². The third-order valence-corrected chi connectivity index (χ3v) is 4.30. The Morgan fingerprint density at radius 2 is 2.00 bits per heavy atom. The molecule has 0 saturated heterocycles. The molecule has 2 heterocycles. The summed E-state index contributed by atoms with van der Waals surface area (Å²) < 4.78 is 13.5. The maximum atomic E-state index is 13.5. The zero-order valence-corrected chi connectivity index (χ0v) is 12.1. The van der Waals surface area contributed by atoms with Crippen LogP contribution in [0, 0.1) is 12.7 Å². The first-order valence-corrected chi connectivity index (χ1v) is 7.22. The van der Waals surface area contributed by atoms with Crippen LogP contribution in [0.25, 0.3) is 21.6 Å². The molecule has 0 unspecified atom stereocenters. The molecule has 102 valence electrons. The van der Waals surface area contributed by atoms with Gasteiger partial charge in [0.05, 0.1) is 5.39 Å². The van der Waals surface area contributed by atoms with Crippen LogP contribution in [-0.4, -0.2) is 9.97 Å². The Morgan fingerprint density at radius 1 is 1.20 bits per heavy atom. The molecule has 2 N–H and O–H groups in total. The standard InChI is InChI=1S/C15H14FN3S/c1-3-11-7-12-13(17)18-14(19-15(12)20-11)9-4-8(2)5-10(16)6-9/h4-7H,3H2,1-2H3,(H2,17,18,19). The predicted molar refractivity (Wildman–Crippen MR) is 81.3 cm³/mol. The lowest BCUT2D eigenvalue weighted by molar-refractivity contribution is 0.627. The topological polar surface area (TPSA) is 51.8 Å². The largest absolute Gasteiger partial charge is 0.383 e. The number of fused-ring (bicyclic) bond motifs is 1. The number of nitrogen functional groups attached to an aromatic ring is 1. The van der Waals surface area contributed by atoms with Crippen molar-refractivity contribution in [3.05, 3.63) is 40.5 Å². The van der Waals surface area contributed by atoms with Gasteiger partial charge in [0.1, 0.15) is 16.5 Å². The fourth-order valence-electron chi connectivity index (χ4n) is 2.16. The molecule has 0 amide bonds. The first-order chi connectivity index (χ1) is 9.56. The van der Waals surface area contributed by atoms with E-state index in [9.17, 15) is 4.39 Å². The Kier molecular flexibility index (Phi) is 3.14. The third-order valence-electron chi connectivity index (χ3n) is 3.12. The van der Waals surface area contributed by atoms with Crippen molar-refractivity contribution in [2.45, 2.75) is 20.3 Å². The lowest BCUT2D eigenvalue weighted by Crippen LogP contribution is -1.96. The molecule has 0 aliphatic heterocycles. The van der Waals surface area contributed by atoms with Gasteiger partial charge in [-0.15, -0.1) is 11.3 Å². The van der Waals surface area contributed by atoms with E-state index < -0.39 is 0 Å². The average Bonchev–Trinajstić information content (AvgIpc) is 2.81. The van der Waals surface area contributed by atoms with Crippen molar-refractivity contribution in [1.82, 2.24) is 9.97 Å². The average molecular weight is 287 g/mol. The number of hydrogen-bond donors (Lipinski definition) is 1. The summed E-state index contributed by atoms with van der Waals surface area (Å²) >= 11 is 1.60. The highest BCUT2D eigenvalue weighted by molar-refractivity contribution is 7.18. The molecule has 1 aromatic carbocycles.